The lowest BCUT2D eigenvalue weighted by Gasteiger charge is -2.20. The molecule has 3 amide bonds. The van der Waals surface area contributed by atoms with Crippen molar-refractivity contribution in [2.45, 2.75) is 25.7 Å². The summed E-state index contributed by atoms with van der Waals surface area (Å²) in [4.78, 5) is 38.4. The lowest BCUT2D eigenvalue weighted by Crippen LogP contribution is -2.26. The van der Waals surface area contributed by atoms with E-state index in [0.717, 1.165) is 12.1 Å². The van der Waals surface area contributed by atoms with Crippen LogP contribution in [-0.2, 0) is 9.59 Å². The molecular weight excluding hydrogens is 350 g/mol. The van der Waals surface area contributed by atoms with Gasteiger partial charge in [-0.15, -0.1) is 11.3 Å². The number of carbonyl (C=O) groups is 3. The third kappa shape index (κ3) is 4.49. The van der Waals surface area contributed by atoms with Crippen LogP contribution in [-0.4, -0.2) is 30.8 Å². The number of nitrogens with one attached hydrogen (secondary N) is 2. The molecule has 0 bridgehead atoms. The van der Waals surface area contributed by atoms with Gasteiger partial charge < -0.3 is 15.5 Å². The van der Waals surface area contributed by atoms with Crippen molar-refractivity contribution >= 4 is 40.4 Å². The third-order valence-electron chi connectivity index (χ3n) is 4.15. The van der Waals surface area contributed by atoms with Gasteiger partial charge in [0.05, 0.1) is 16.3 Å². The van der Waals surface area contributed by atoms with E-state index in [1.165, 1.54) is 11.3 Å². The number of amides is 3. The van der Waals surface area contributed by atoms with Crippen molar-refractivity contribution < 1.29 is 14.4 Å². The van der Waals surface area contributed by atoms with Crippen LogP contribution < -0.4 is 15.5 Å². The fraction of sp³-hybridized carbons (Fsp3) is 0.316. The molecule has 6 nitrogen and oxygen atoms in total. The summed E-state index contributed by atoms with van der Waals surface area (Å²) in [5.74, 6) is -0.157. The largest absolute Gasteiger partial charge is 0.351 e. The molecule has 1 aromatic heterocycles. The zero-order valence-corrected chi connectivity index (χ0v) is 15.2. The molecular formula is C19H21N3O3S. The molecule has 1 aliphatic heterocycles. The summed E-state index contributed by atoms with van der Waals surface area (Å²) in [5.41, 5.74) is 1.39. The fourth-order valence-corrected chi connectivity index (χ4v) is 3.52. The van der Waals surface area contributed by atoms with Crippen molar-refractivity contribution in [2.24, 2.45) is 0 Å². The summed E-state index contributed by atoms with van der Waals surface area (Å²) in [6.07, 6.45) is 2.23. The van der Waals surface area contributed by atoms with Crippen molar-refractivity contribution in [2.75, 3.05) is 23.3 Å². The quantitative estimate of drug-likeness (QED) is 0.735. The second-order valence-electron chi connectivity index (χ2n) is 6.05. The van der Waals surface area contributed by atoms with Crippen LogP contribution in [0.15, 0.2) is 41.8 Å². The van der Waals surface area contributed by atoms with Crippen molar-refractivity contribution in [3.8, 4) is 0 Å². The first-order valence-corrected chi connectivity index (χ1v) is 9.54. The van der Waals surface area contributed by atoms with E-state index in [2.05, 4.69) is 10.6 Å². The van der Waals surface area contributed by atoms with Crippen LogP contribution in [0.4, 0.5) is 11.4 Å². The van der Waals surface area contributed by atoms with Gasteiger partial charge in [0.2, 0.25) is 11.8 Å². The van der Waals surface area contributed by atoms with Gasteiger partial charge in [0.1, 0.15) is 0 Å². The molecule has 1 aliphatic rings. The van der Waals surface area contributed by atoms with Crippen LogP contribution in [0.5, 0.6) is 0 Å². The molecule has 1 aromatic carbocycles. The van der Waals surface area contributed by atoms with E-state index in [4.69, 9.17) is 0 Å². The van der Waals surface area contributed by atoms with E-state index in [1.807, 2.05) is 29.6 Å². The summed E-state index contributed by atoms with van der Waals surface area (Å²) >= 11 is 1.39. The average molecular weight is 371 g/mol. The first-order chi connectivity index (χ1) is 12.6. The minimum absolute atomic E-state index is 0.0861. The van der Waals surface area contributed by atoms with Crippen molar-refractivity contribution in [3.05, 3.63) is 46.7 Å². The van der Waals surface area contributed by atoms with Crippen LogP contribution >= 0.6 is 11.3 Å². The number of carbonyl (C=O) groups excluding carboxylic acids is 3. The Bertz CT molecular complexity index is 789. The first kappa shape index (κ1) is 18.1. The Labute approximate surface area is 156 Å². The predicted octanol–water partition coefficient (Wildman–Crippen LogP) is 3.02. The molecule has 0 radical (unpaired) electrons. The van der Waals surface area contributed by atoms with Crippen LogP contribution in [0.3, 0.4) is 0 Å². The number of benzene rings is 1. The van der Waals surface area contributed by atoms with Gasteiger partial charge in [0.25, 0.3) is 5.91 Å². The highest BCUT2D eigenvalue weighted by Crippen LogP contribution is 2.29. The molecule has 2 aromatic rings. The van der Waals surface area contributed by atoms with E-state index in [-0.39, 0.29) is 17.7 Å². The number of hydrogen-bond acceptors (Lipinski definition) is 4. The molecule has 0 spiro atoms. The summed E-state index contributed by atoms with van der Waals surface area (Å²) in [7, 11) is 0. The molecule has 7 heteroatoms. The molecule has 1 fully saturated rings. The monoisotopic (exact) mass is 371 g/mol. The van der Waals surface area contributed by atoms with Crippen LogP contribution in [0.2, 0.25) is 0 Å². The summed E-state index contributed by atoms with van der Waals surface area (Å²) < 4.78 is 0. The molecule has 136 valence electrons. The van der Waals surface area contributed by atoms with E-state index in [1.54, 1.807) is 17.0 Å². The van der Waals surface area contributed by atoms with Crippen molar-refractivity contribution in [3.63, 3.8) is 0 Å². The number of anilines is 2. The van der Waals surface area contributed by atoms with E-state index >= 15 is 0 Å². The Morgan fingerprint density at radius 1 is 1.15 bits per heavy atom. The summed E-state index contributed by atoms with van der Waals surface area (Å²) in [5, 5.41) is 7.54. The molecule has 0 aliphatic carbocycles. The summed E-state index contributed by atoms with van der Waals surface area (Å²) in [6.45, 7) is 1.12. The highest BCUT2D eigenvalue weighted by molar-refractivity contribution is 7.12. The maximum Gasteiger partial charge on any atom is 0.261 e. The first-order valence-electron chi connectivity index (χ1n) is 8.66. The molecule has 2 N–H and O–H groups in total. The third-order valence-corrected chi connectivity index (χ3v) is 5.02. The molecule has 3 rings (SSSR count). The maximum absolute atomic E-state index is 12.2. The van der Waals surface area contributed by atoms with Gasteiger partial charge in [-0.3, -0.25) is 14.4 Å². The van der Waals surface area contributed by atoms with Crippen molar-refractivity contribution in [1.29, 1.82) is 0 Å². The Morgan fingerprint density at radius 3 is 2.73 bits per heavy atom. The molecule has 0 saturated carbocycles. The lowest BCUT2D eigenvalue weighted by molar-refractivity contribution is -0.117. The van der Waals surface area contributed by atoms with Crippen LogP contribution in [0, 0.1) is 0 Å². The Kier molecular flexibility index (Phi) is 6.01. The van der Waals surface area contributed by atoms with Gasteiger partial charge in [0, 0.05) is 25.9 Å². The minimum atomic E-state index is -0.130. The number of thiophene rings is 1. The number of para-hydroxylation sites is 2. The molecule has 1 saturated heterocycles. The average Bonchev–Trinajstić information content (AvgIpc) is 3.31. The lowest BCUT2D eigenvalue weighted by atomic mass is 10.2. The molecule has 0 atom stereocenters. The minimum Gasteiger partial charge on any atom is -0.351 e. The number of hydrogen-bond donors (Lipinski definition) is 2. The van der Waals surface area contributed by atoms with E-state index in [9.17, 15) is 14.4 Å². The van der Waals surface area contributed by atoms with Crippen molar-refractivity contribution in [1.82, 2.24) is 5.32 Å². The molecule has 26 heavy (non-hydrogen) atoms. The summed E-state index contributed by atoms with van der Waals surface area (Å²) in [6, 6.07) is 10.9. The highest BCUT2D eigenvalue weighted by atomic mass is 32.1. The molecule has 2 heterocycles. The second-order valence-corrected chi connectivity index (χ2v) is 7.00. The second kappa shape index (κ2) is 8.62. The van der Waals surface area contributed by atoms with Gasteiger partial charge in [-0.05, 0) is 36.4 Å². The van der Waals surface area contributed by atoms with Crippen LogP contribution in [0.25, 0.3) is 0 Å². The van der Waals surface area contributed by atoms with Crippen LogP contribution in [0.1, 0.15) is 35.4 Å². The standard InChI is InChI=1S/C19H21N3O3S/c23-17(9-3-11-20-19(25)16-8-5-13-26-16)21-14-6-1-2-7-15(14)22-12-4-10-18(22)24/h1-2,5-8,13H,3-4,9-12H2,(H,20,25)(H,21,23). The zero-order valence-electron chi connectivity index (χ0n) is 14.4. The topological polar surface area (TPSA) is 78.5 Å². The number of nitrogens with zero attached hydrogens (tertiary/aromatic N) is 1. The number of rotatable bonds is 7. The molecule has 0 unspecified atom stereocenters. The highest BCUT2D eigenvalue weighted by Gasteiger charge is 2.24. The van der Waals surface area contributed by atoms with Gasteiger partial charge in [-0.1, -0.05) is 18.2 Å². The van der Waals surface area contributed by atoms with Gasteiger partial charge >= 0.3 is 0 Å². The predicted molar refractivity (Wildman–Crippen MR) is 103 cm³/mol. The Hall–Kier alpha value is -2.67. The maximum atomic E-state index is 12.2. The Balaban J connectivity index is 1.48. The normalized spacial score (nSPS) is 13.7. The van der Waals surface area contributed by atoms with E-state index < -0.39 is 0 Å². The van der Waals surface area contributed by atoms with Gasteiger partial charge in [-0.25, -0.2) is 0 Å². The van der Waals surface area contributed by atoms with E-state index in [0.29, 0.717) is 42.9 Å². The SMILES string of the molecule is O=C(CCCNC(=O)c1cccs1)Nc1ccccc1N1CCCC1=O. The van der Waals surface area contributed by atoms with Gasteiger partial charge in [-0.2, -0.15) is 0 Å². The van der Waals surface area contributed by atoms with Gasteiger partial charge in [0.15, 0.2) is 0 Å². The Morgan fingerprint density at radius 2 is 2.00 bits per heavy atom. The smallest absolute Gasteiger partial charge is 0.261 e. The fourth-order valence-electron chi connectivity index (χ4n) is 2.88. The zero-order chi connectivity index (χ0) is 18.4.